The largest absolute Gasteiger partial charge is 0.496 e. The minimum Gasteiger partial charge on any atom is -0.496 e. The first-order valence-electron chi connectivity index (χ1n) is 11.4. The van der Waals surface area contributed by atoms with Crippen molar-refractivity contribution in [1.29, 1.82) is 0 Å². The normalized spacial score (nSPS) is 15.5. The Bertz CT molecular complexity index is 1280. The second-order valence-electron chi connectivity index (χ2n) is 8.38. The molecule has 2 amide bonds. The summed E-state index contributed by atoms with van der Waals surface area (Å²) in [7, 11) is 1.48. The number of nitrogens with one attached hydrogen (secondary N) is 1. The minimum absolute atomic E-state index is 0.0140. The standard InChI is InChI=1S/C27H25F3N2O4/c1-3-22-26(34)32(15-17-7-6-8-19(13-17)27(28,29)30)16-18-14-20(11-12-23(18)36-22)31-25(33)21-9-4-5-10-24(21)35-2/h4-14,22H,3,15-16H2,1-2H3,(H,31,33)/t22-/m0/s1. The number of anilines is 1. The Labute approximate surface area is 206 Å². The second kappa shape index (κ2) is 10.3. The van der Waals surface area contributed by atoms with Gasteiger partial charge in [-0.05, 0) is 54.4 Å². The number of amides is 2. The molecule has 0 aromatic heterocycles. The predicted molar refractivity (Wildman–Crippen MR) is 128 cm³/mol. The molecule has 0 spiro atoms. The second-order valence-corrected chi connectivity index (χ2v) is 8.38. The molecule has 36 heavy (non-hydrogen) atoms. The van der Waals surface area contributed by atoms with Crippen LogP contribution < -0.4 is 14.8 Å². The molecule has 6 nitrogen and oxygen atoms in total. The third kappa shape index (κ3) is 5.45. The number of benzene rings is 3. The lowest BCUT2D eigenvalue weighted by Crippen LogP contribution is -2.38. The van der Waals surface area contributed by atoms with E-state index in [1.807, 2.05) is 0 Å². The molecule has 1 N–H and O–H groups in total. The Morgan fingerprint density at radius 2 is 1.89 bits per heavy atom. The fraction of sp³-hybridized carbons (Fsp3) is 0.259. The number of nitrogens with zero attached hydrogens (tertiary/aromatic N) is 1. The highest BCUT2D eigenvalue weighted by Gasteiger charge is 2.32. The van der Waals surface area contributed by atoms with Crippen molar-refractivity contribution in [2.45, 2.75) is 38.7 Å². The molecule has 4 rings (SSSR count). The molecule has 9 heteroatoms. The highest BCUT2D eigenvalue weighted by Crippen LogP contribution is 2.32. The summed E-state index contributed by atoms with van der Waals surface area (Å²) in [5, 5.41) is 2.83. The van der Waals surface area contributed by atoms with Gasteiger partial charge in [0.1, 0.15) is 11.5 Å². The van der Waals surface area contributed by atoms with Crippen LogP contribution in [0.25, 0.3) is 0 Å². The molecule has 0 radical (unpaired) electrons. The number of carbonyl (C=O) groups is 2. The van der Waals surface area contributed by atoms with Gasteiger partial charge in [-0.1, -0.05) is 31.2 Å². The van der Waals surface area contributed by atoms with E-state index in [-0.39, 0.29) is 24.9 Å². The van der Waals surface area contributed by atoms with E-state index in [1.165, 1.54) is 18.1 Å². The molecule has 1 heterocycles. The fourth-order valence-corrected chi connectivity index (χ4v) is 4.08. The highest BCUT2D eigenvalue weighted by atomic mass is 19.4. The minimum atomic E-state index is -4.48. The molecule has 0 saturated heterocycles. The van der Waals surface area contributed by atoms with Crippen LogP contribution in [-0.2, 0) is 24.1 Å². The van der Waals surface area contributed by atoms with E-state index >= 15 is 0 Å². The molecule has 0 saturated carbocycles. The summed E-state index contributed by atoms with van der Waals surface area (Å²) in [6, 6.07) is 16.8. The van der Waals surface area contributed by atoms with Gasteiger partial charge in [0.05, 0.1) is 18.2 Å². The average Bonchev–Trinajstić information content (AvgIpc) is 2.99. The summed E-state index contributed by atoms with van der Waals surface area (Å²) in [5.74, 6) is 0.227. The van der Waals surface area contributed by atoms with Crippen LogP contribution in [0.4, 0.5) is 18.9 Å². The number of methoxy groups -OCH3 is 1. The number of rotatable bonds is 6. The van der Waals surface area contributed by atoms with E-state index in [1.54, 1.807) is 55.5 Å². The Kier molecular flexibility index (Phi) is 7.19. The first-order valence-corrected chi connectivity index (χ1v) is 11.4. The van der Waals surface area contributed by atoms with E-state index in [4.69, 9.17) is 9.47 Å². The Morgan fingerprint density at radius 3 is 2.61 bits per heavy atom. The van der Waals surface area contributed by atoms with Crippen LogP contribution in [0.1, 0.15) is 40.4 Å². The van der Waals surface area contributed by atoms with Gasteiger partial charge in [-0.25, -0.2) is 0 Å². The molecule has 188 valence electrons. The van der Waals surface area contributed by atoms with Crippen LogP contribution in [0.3, 0.4) is 0 Å². The fourth-order valence-electron chi connectivity index (χ4n) is 4.08. The van der Waals surface area contributed by atoms with Gasteiger partial charge in [0.15, 0.2) is 6.10 Å². The first-order chi connectivity index (χ1) is 17.2. The third-order valence-corrected chi connectivity index (χ3v) is 5.89. The molecular weight excluding hydrogens is 473 g/mol. The first kappa shape index (κ1) is 25.1. The van der Waals surface area contributed by atoms with E-state index in [0.717, 1.165) is 12.1 Å². The monoisotopic (exact) mass is 498 g/mol. The zero-order valence-corrected chi connectivity index (χ0v) is 19.8. The average molecular weight is 499 g/mol. The molecule has 1 aliphatic heterocycles. The van der Waals surface area contributed by atoms with Crippen LogP contribution in [0.5, 0.6) is 11.5 Å². The van der Waals surface area contributed by atoms with Crippen molar-refractivity contribution in [3.63, 3.8) is 0 Å². The number of hydrogen-bond donors (Lipinski definition) is 1. The number of halogens is 3. The van der Waals surface area contributed by atoms with Gasteiger partial charge in [-0.2, -0.15) is 13.2 Å². The number of ether oxygens (including phenoxy) is 2. The molecule has 0 fully saturated rings. The smallest absolute Gasteiger partial charge is 0.416 e. The van der Waals surface area contributed by atoms with Crippen LogP contribution in [0.15, 0.2) is 66.7 Å². The van der Waals surface area contributed by atoms with Crippen LogP contribution >= 0.6 is 0 Å². The highest BCUT2D eigenvalue weighted by molar-refractivity contribution is 6.06. The quantitative estimate of drug-likeness (QED) is 0.476. The summed E-state index contributed by atoms with van der Waals surface area (Å²) in [5.41, 5.74) is 1.06. The lowest BCUT2D eigenvalue weighted by molar-refractivity contribution is -0.139. The molecule has 0 bridgehead atoms. The zero-order chi connectivity index (χ0) is 25.9. The third-order valence-electron chi connectivity index (χ3n) is 5.89. The van der Waals surface area contributed by atoms with Gasteiger partial charge in [0.2, 0.25) is 0 Å². The van der Waals surface area contributed by atoms with E-state index in [0.29, 0.717) is 40.3 Å². The molecule has 0 unspecified atom stereocenters. The van der Waals surface area contributed by atoms with E-state index in [9.17, 15) is 22.8 Å². The van der Waals surface area contributed by atoms with Crippen molar-refractivity contribution in [3.05, 3.63) is 89.0 Å². The molecule has 1 aliphatic rings. The number of hydrogen-bond acceptors (Lipinski definition) is 4. The Hall–Kier alpha value is -4.01. The van der Waals surface area contributed by atoms with Crippen LogP contribution in [-0.4, -0.2) is 29.9 Å². The molecule has 3 aromatic carbocycles. The van der Waals surface area contributed by atoms with Crippen molar-refractivity contribution in [2.75, 3.05) is 12.4 Å². The van der Waals surface area contributed by atoms with Crippen molar-refractivity contribution in [3.8, 4) is 11.5 Å². The van der Waals surface area contributed by atoms with Gasteiger partial charge >= 0.3 is 6.18 Å². The van der Waals surface area contributed by atoms with Gasteiger partial charge in [0.25, 0.3) is 11.8 Å². The van der Waals surface area contributed by atoms with Gasteiger partial charge in [-0.3, -0.25) is 9.59 Å². The maximum atomic E-state index is 13.2. The zero-order valence-electron chi connectivity index (χ0n) is 19.8. The van der Waals surface area contributed by atoms with Crippen molar-refractivity contribution >= 4 is 17.5 Å². The molecule has 0 aliphatic carbocycles. The lowest BCUT2D eigenvalue weighted by atomic mass is 10.1. The SMILES string of the molecule is CC[C@@H]1Oc2ccc(NC(=O)c3ccccc3OC)cc2CN(Cc2cccc(C(F)(F)F)c2)C1=O. The number of carbonyl (C=O) groups excluding carboxylic acids is 2. The van der Waals surface area contributed by atoms with Crippen molar-refractivity contribution < 1.29 is 32.2 Å². The Morgan fingerprint density at radius 1 is 1.11 bits per heavy atom. The maximum absolute atomic E-state index is 13.2. The summed E-state index contributed by atoms with van der Waals surface area (Å²) in [6.07, 6.45) is -4.86. The van der Waals surface area contributed by atoms with Gasteiger partial charge in [0, 0.05) is 24.3 Å². The molecule has 1 atom stereocenters. The number of alkyl halides is 3. The maximum Gasteiger partial charge on any atom is 0.416 e. The number of fused-ring (bicyclic) bond motifs is 1. The summed E-state index contributed by atoms with van der Waals surface area (Å²) < 4.78 is 50.7. The van der Waals surface area contributed by atoms with Crippen LogP contribution in [0.2, 0.25) is 0 Å². The van der Waals surface area contributed by atoms with Gasteiger partial charge < -0.3 is 19.7 Å². The van der Waals surface area contributed by atoms with Crippen molar-refractivity contribution in [2.24, 2.45) is 0 Å². The van der Waals surface area contributed by atoms with Crippen molar-refractivity contribution in [1.82, 2.24) is 4.90 Å². The predicted octanol–water partition coefficient (Wildman–Crippen LogP) is 5.67. The van der Waals surface area contributed by atoms with E-state index < -0.39 is 17.8 Å². The molecular formula is C27H25F3N2O4. The van der Waals surface area contributed by atoms with Gasteiger partial charge in [-0.15, -0.1) is 0 Å². The van der Waals surface area contributed by atoms with E-state index in [2.05, 4.69) is 5.32 Å². The topological polar surface area (TPSA) is 67.9 Å². The van der Waals surface area contributed by atoms with Crippen LogP contribution in [0, 0.1) is 0 Å². The Balaban J connectivity index is 1.60. The molecule has 3 aromatic rings. The lowest BCUT2D eigenvalue weighted by Gasteiger charge is -2.23. The summed E-state index contributed by atoms with van der Waals surface area (Å²) in [6.45, 7) is 1.90. The summed E-state index contributed by atoms with van der Waals surface area (Å²) >= 11 is 0. The summed E-state index contributed by atoms with van der Waals surface area (Å²) in [4.78, 5) is 27.4. The number of para-hydroxylation sites is 1.